The summed E-state index contributed by atoms with van der Waals surface area (Å²) >= 11 is 0. The summed E-state index contributed by atoms with van der Waals surface area (Å²) in [6.07, 6.45) is -13.9. The number of rotatable bonds is 11. The number of amides is 1. The molecule has 1 unspecified atom stereocenters. The van der Waals surface area contributed by atoms with Gasteiger partial charge < -0.3 is 14.8 Å². The van der Waals surface area contributed by atoms with E-state index in [4.69, 9.17) is 4.55 Å². The molecule has 0 saturated heterocycles. The average Bonchev–Trinajstić information content (AvgIpc) is 2.61. The predicted octanol–water partition coefficient (Wildman–Crippen LogP) is 2.73. The third kappa shape index (κ3) is 6.79. The fourth-order valence-corrected chi connectivity index (χ4v) is 2.14. The van der Waals surface area contributed by atoms with Crippen molar-refractivity contribution < 1.29 is 75.9 Å². The first-order valence-electron chi connectivity index (χ1n) is 7.80. The SMILES string of the molecule is C=CCNC(=O)C(OCCC(F)(F)C(F)(F)S(=O)(=O)O)(OC(=O)C(=C)C(F)(F)F)C(F)(F)F. The highest BCUT2D eigenvalue weighted by atomic mass is 32.2. The Balaban J connectivity index is 6.21. The van der Waals surface area contributed by atoms with Crippen molar-refractivity contribution in [2.24, 2.45) is 0 Å². The van der Waals surface area contributed by atoms with Gasteiger partial charge in [-0.2, -0.15) is 52.3 Å². The number of halogens is 10. The molecule has 0 aliphatic rings. The van der Waals surface area contributed by atoms with Crippen LogP contribution in [0.1, 0.15) is 6.42 Å². The van der Waals surface area contributed by atoms with Crippen LogP contribution in [-0.2, 0) is 29.2 Å². The van der Waals surface area contributed by atoms with Crippen LogP contribution in [0.5, 0.6) is 0 Å². The number of hydrogen-bond acceptors (Lipinski definition) is 6. The maximum atomic E-state index is 13.5. The predicted molar refractivity (Wildman–Crippen MR) is 85.3 cm³/mol. The second-order valence-electron chi connectivity index (χ2n) is 5.77. The summed E-state index contributed by atoms with van der Waals surface area (Å²) in [7, 11) is -6.80. The van der Waals surface area contributed by atoms with E-state index in [9.17, 15) is 61.9 Å². The molecule has 0 radical (unpaired) electrons. The zero-order valence-electron chi connectivity index (χ0n) is 15.7. The summed E-state index contributed by atoms with van der Waals surface area (Å²) in [5, 5.41) is -4.95. The molecule has 192 valence electrons. The smallest absolute Gasteiger partial charge is 0.412 e. The fourth-order valence-electron chi connectivity index (χ4n) is 1.66. The molecule has 2 N–H and O–H groups in total. The zero-order chi connectivity index (χ0) is 26.7. The summed E-state index contributed by atoms with van der Waals surface area (Å²) in [6, 6.07) is 0. The van der Waals surface area contributed by atoms with Gasteiger partial charge in [0.1, 0.15) is 5.57 Å². The molecule has 0 aliphatic heterocycles. The molecule has 0 rings (SSSR count). The number of ether oxygens (including phenoxy) is 2. The molecule has 8 nitrogen and oxygen atoms in total. The molecule has 0 heterocycles. The van der Waals surface area contributed by atoms with E-state index in [-0.39, 0.29) is 0 Å². The normalized spacial score (nSPS) is 15.4. The van der Waals surface area contributed by atoms with Gasteiger partial charge in [-0.25, -0.2) is 4.79 Å². The van der Waals surface area contributed by atoms with E-state index in [0.29, 0.717) is 0 Å². The van der Waals surface area contributed by atoms with Crippen molar-refractivity contribution in [2.75, 3.05) is 13.2 Å². The van der Waals surface area contributed by atoms with Crippen LogP contribution in [0.15, 0.2) is 24.8 Å². The van der Waals surface area contributed by atoms with Gasteiger partial charge in [0.05, 0.1) is 6.61 Å². The Bertz CT molecular complexity index is 882. The van der Waals surface area contributed by atoms with Crippen LogP contribution in [0.4, 0.5) is 43.9 Å². The van der Waals surface area contributed by atoms with Crippen LogP contribution in [0.3, 0.4) is 0 Å². The van der Waals surface area contributed by atoms with Gasteiger partial charge in [-0.05, 0) is 0 Å². The van der Waals surface area contributed by atoms with E-state index >= 15 is 0 Å². The first-order chi connectivity index (χ1) is 14.5. The van der Waals surface area contributed by atoms with Gasteiger partial charge in [0.15, 0.2) is 0 Å². The Hall–Kier alpha value is -2.41. The summed E-state index contributed by atoms with van der Waals surface area (Å²) in [6.45, 7) is 1.86. The van der Waals surface area contributed by atoms with Crippen molar-refractivity contribution in [3.8, 4) is 0 Å². The maximum Gasteiger partial charge on any atom is 0.466 e. The first kappa shape index (κ1) is 30.6. The largest absolute Gasteiger partial charge is 0.466 e. The second-order valence-corrected chi connectivity index (χ2v) is 7.24. The van der Waals surface area contributed by atoms with Crippen molar-refractivity contribution in [1.29, 1.82) is 0 Å². The Morgan fingerprint density at radius 1 is 1.00 bits per heavy atom. The van der Waals surface area contributed by atoms with Crippen molar-refractivity contribution in [3.05, 3.63) is 24.8 Å². The second kappa shape index (κ2) is 9.84. The molecule has 0 saturated carbocycles. The van der Waals surface area contributed by atoms with Crippen LogP contribution in [0.2, 0.25) is 0 Å². The average molecular weight is 529 g/mol. The lowest BCUT2D eigenvalue weighted by Crippen LogP contribution is -2.62. The quantitative estimate of drug-likeness (QED) is 0.106. The molecule has 0 fully saturated rings. The van der Waals surface area contributed by atoms with E-state index in [1.54, 1.807) is 0 Å². The van der Waals surface area contributed by atoms with Crippen LogP contribution >= 0.6 is 0 Å². The number of esters is 1. The minimum Gasteiger partial charge on any atom is -0.412 e. The molecule has 0 aromatic rings. The van der Waals surface area contributed by atoms with Crippen LogP contribution in [0.25, 0.3) is 0 Å². The van der Waals surface area contributed by atoms with Crippen LogP contribution < -0.4 is 5.32 Å². The van der Waals surface area contributed by atoms with Crippen molar-refractivity contribution in [3.63, 3.8) is 0 Å². The van der Waals surface area contributed by atoms with Crippen molar-refractivity contribution >= 4 is 22.0 Å². The van der Waals surface area contributed by atoms with Gasteiger partial charge in [0.2, 0.25) is 0 Å². The summed E-state index contributed by atoms with van der Waals surface area (Å²) in [4.78, 5) is 23.4. The van der Waals surface area contributed by atoms with Crippen LogP contribution in [0, 0.1) is 0 Å². The van der Waals surface area contributed by atoms with Crippen molar-refractivity contribution in [1.82, 2.24) is 5.32 Å². The summed E-state index contributed by atoms with van der Waals surface area (Å²) in [5.74, 6) is -16.5. The first-order valence-corrected chi connectivity index (χ1v) is 9.24. The molecule has 1 atom stereocenters. The highest BCUT2D eigenvalue weighted by molar-refractivity contribution is 7.87. The number of carbonyl (C=O) groups is 2. The lowest BCUT2D eigenvalue weighted by Gasteiger charge is -2.34. The molecule has 19 heteroatoms. The van der Waals surface area contributed by atoms with E-state index < -0.39 is 76.5 Å². The molecule has 0 spiro atoms. The van der Waals surface area contributed by atoms with Gasteiger partial charge in [-0.3, -0.25) is 9.35 Å². The maximum absolute atomic E-state index is 13.5. The van der Waals surface area contributed by atoms with Gasteiger partial charge >= 0.3 is 51.3 Å². The Morgan fingerprint density at radius 3 is 1.85 bits per heavy atom. The molecule has 0 aromatic carbocycles. The monoisotopic (exact) mass is 529 g/mol. The minimum atomic E-state index is -6.80. The fraction of sp³-hybridized carbons (Fsp3) is 0.571. The third-order valence-corrected chi connectivity index (χ3v) is 4.32. The lowest BCUT2D eigenvalue weighted by molar-refractivity contribution is -0.350. The van der Waals surface area contributed by atoms with E-state index in [2.05, 4.69) is 22.6 Å². The number of nitrogens with one attached hydrogen (secondary N) is 1. The van der Waals surface area contributed by atoms with Crippen LogP contribution in [-0.4, -0.2) is 67.3 Å². The van der Waals surface area contributed by atoms with Gasteiger partial charge in [-0.15, -0.1) is 6.58 Å². The number of alkyl halides is 10. The lowest BCUT2D eigenvalue weighted by atomic mass is 10.2. The third-order valence-electron chi connectivity index (χ3n) is 3.38. The molecule has 33 heavy (non-hydrogen) atoms. The Labute approximate surface area is 177 Å². The highest BCUT2D eigenvalue weighted by Crippen LogP contribution is 2.42. The molecule has 0 aliphatic carbocycles. The minimum absolute atomic E-state index is 0.719. The Morgan fingerprint density at radius 2 is 1.48 bits per heavy atom. The number of hydrogen-bond donors (Lipinski definition) is 2. The summed E-state index contributed by atoms with van der Waals surface area (Å²) < 4.78 is 168. The topological polar surface area (TPSA) is 119 Å². The van der Waals surface area contributed by atoms with Crippen molar-refractivity contribution in [2.45, 2.75) is 35.7 Å². The molecule has 1 amide bonds. The molecule has 0 bridgehead atoms. The van der Waals surface area contributed by atoms with Gasteiger partial charge in [0.25, 0.3) is 0 Å². The highest BCUT2D eigenvalue weighted by Gasteiger charge is 2.69. The Kier molecular flexibility index (Phi) is 9.12. The molecular weight excluding hydrogens is 516 g/mol. The molecule has 0 aromatic heterocycles. The summed E-state index contributed by atoms with van der Waals surface area (Å²) in [5.41, 5.74) is -2.60. The zero-order valence-corrected chi connectivity index (χ0v) is 16.5. The van der Waals surface area contributed by atoms with E-state index in [1.807, 2.05) is 0 Å². The molecular formula is C14H13F10NO7S. The number of carbonyl (C=O) groups excluding carboxylic acids is 2. The standard InChI is InChI=1S/C14H13F10NO7S/c1-3-5-25-9(27)11(13(20,21)22,32-8(26)7(2)12(17,18)19)31-6-4-10(15,16)14(23,24)33(28,29)30/h3H,1-2,4-6H2,(H,25,27)(H,28,29,30). The van der Waals surface area contributed by atoms with E-state index in [1.165, 1.54) is 5.32 Å². The van der Waals surface area contributed by atoms with Gasteiger partial charge in [-0.1, -0.05) is 12.7 Å². The van der Waals surface area contributed by atoms with E-state index in [0.717, 1.165) is 6.08 Å². The van der Waals surface area contributed by atoms with Gasteiger partial charge in [0, 0.05) is 13.0 Å².